The van der Waals surface area contributed by atoms with Crippen molar-refractivity contribution in [3.8, 4) is 0 Å². The van der Waals surface area contributed by atoms with Crippen molar-refractivity contribution in [3.05, 3.63) is 0 Å². The molecule has 3 atom stereocenters. The van der Waals surface area contributed by atoms with E-state index in [1.54, 1.807) is 7.11 Å². The Morgan fingerprint density at radius 2 is 1.86 bits per heavy atom. The highest BCUT2D eigenvalue weighted by Crippen LogP contribution is 2.29. The maximum atomic E-state index is 9.62. The molecule has 0 saturated carbocycles. The van der Waals surface area contributed by atoms with Gasteiger partial charge in [0, 0.05) is 13.5 Å². The van der Waals surface area contributed by atoms with Crippen LogP contribution in [0, 0.1) is 0 Å². The third kappa shape index (κ3) is 3.56. The maximum Gasteiger partial charge on any atom is 0.106 e. The van der Waals surface area contributed by atoms with E-state index in [9.17, 15) is 5.11 Å². The van der Waals surface area contributed by atoms with E-state index in [-0.39, 0.29) is 17.8 Å². The van der Waals surface area contributed by atoms with E-state index >= 15 is 0 Å². The number of methoxy groups -OCH3 is 1. The maximum absolute atomic E-state index is 9.62. The van der Waals surface area contributed by atoms with E-state index in [0.717, 1.165) is 6.42 Å². The predicted octanol–water partition coefficient (Wildman–Crippen LogP) is 1.98. The minimum atomic E-state index is -0.497. The Morgan fingerprint density at radius 3 is 2.29 bits per heavy atom. The summed E-state index contributed by atoms with van der Waals surface area (Å²) < 4.78 is 10.8. The first-order valence-electron chi connectivity index (χ1n) is 5.35. The van der Waals surface area contributed by atoms with Gasteiger partial charge in [0.25, 0.3) is 0 Å². The lowest BCUT2D eigenvalue weighted by molar-refractivity contribution is -0.202. The molecule has 1 N–H and O–H groups in total. The van der Waals surface area contributed by atoms with Crippen LogP contribution in [0.5, 0.6) is 0 Å². The summed E-state index contributed by atoms with van der Waals surface area (Å²) >= 11 is 0. The Kier molecular flexibility index (Phi) is 5.64. The van der Waals surface area contributed by atoms with Crippen molar-refractivity contribution in [1.82, 2.24) is 0 Å². The van der Waals surface area contributed by atoms with Crippen molar-refractivity contribution in [2.45, 2.75) is 65.0 Å². The summed E-state index contributed by atoms with van der Waals surface area (Å²) in [7, 11) is 1.63. The minimum Gasteiger partial charge on any atom is -0.388 e. The third-order valence-corrected chi connectivity index (χ3v) is 2.36. The second-order valence-corrected chi connectivity index (χ2v) is 4.05. The molecule has 1 fully saturated rings. The fraction of sp³-hybridized carbons (Fsp3) is 1.00. The van der Waals surface area contributed by atoms with Crippen LogP contribution in [0.1, 0.15) is 41.0 Å². The van der Waals surface area contributed by atoms with Gasteiger partial charge >= 0.3 is 0 Å². The third-order valence-electron chi connectivity index (χ3n) is 2.36. The molecule has 3 heteroatoms. The van der Waals surface area contributed by atoms with Gasteiger partial charge in [0.05, 0.1) is 17.8 Å². The second kappa shape index (κ2) is 5.69. The molecule has 0 aromatic heterocycles. The fourth-order valence-corrected chi connectivity index (χ4v) is 1.75. The number of aliphatic hydroxyl groups is 1. The summed E-state index contributed by atoms with van der Waals surface area (Å²) in [4.78, 5) is 0. The molecule has 86 valence electrons. The minimum absolute atomic E-state index is 0.0938. The molecule has 0 aliphatic carbocycles. The topological polar surface area (TPSA) is 38.7 Å². The summed E-state index contributed by atoms with van der Waals surface area (Å²) in [5.41, 5.74) is -0.181. The average Bonchev–Trinajstić information content (AvgIpc) is 2.14. The molecular formula is C11H24O3. The van der Waals surface area contributed by atoms with Crippen LogP contribution in [0.25, 0.3) is 0 Å². The predicted molar refractivity (Wildman–Crippen MR) is 57.4 cm³/mol. The van der Waals surface area contributed by atoms with Crippen molar-refractivity contribution in [2.24, 2.45) is 0 Å². The first kappa shape index (κ1) is 13.9. The van der Waals surface area contributed by atoms with Crippen molar-refractivity contribution < 1.29 is 14.6 Å². The van der Waals surface area contributed by atoms with Gasteiger partial charge in [-0.05, 0) is 20.8 Å². The first-order valence-corrected chi connectivity index (χ1v) is 5.35. The van der Waals surface area contributed by atoms with E-state index in [2.05, 4.69) is 0 Å². The molecule has 0 aromatic rings. The molecule has 1 heterocycles. The SMILES string of the molecule is CC.CO[C@H]1CC(C)(C)O[C@@H](C)[C@@H]1O. The van der Waals surface area contributed by atoms with Crippen LogP contribution in [0.2, 0.25) is 0 Å². The zero-order chi connectivity index (χ0) is 11.4. The standard InChI is InChI=1S/C9H18O3.C2H6/c1-6-8(10)7(11-4)5-9(2,3)12-6;1-2/h6-8,10H,5H2,1-4H3;1-2H3/t6-,7-,8-;/m0./s1. The van der Waals surface area contributed by atoms with Gasteiger partial charge in [-0.15, -0.1) is 0 Å². The lowest BCUT2D eigenvalue weighted by Gasteiger charge is -2.41. The Morgan fingerprint density at radius 1 is 1.36 bits per heavy atom. The van der Waals surface area contributed by atoms with Crippen LogP contribution < -0.4 is 0 Å². The second-order valence-electron chi connectivity index (χ2n) is 4.05. The Labute approximate surface area is 87.4 Å². The molecule has 0 bridgehead atoms. The fourth-order valence-electron chi connectivity index (χ4n) is 1.75. The molecule has 0 spiro atoms. The highest BCUT2D eigenvalue weighted by atomic mass is 16.5. The number of rotatable bonds is 1. The molecule has 1 aliphatic heterocycles. The highest BCUT2D eigenvalue weighted by molar-refractivity contribution is 4.88. The molecule has 0 aromatic carbocycles. The van der Waals surface area contributed by atoms with Gasteiger partial charge in [0.2, 0.25) is 0 Å². The van der Waals surface area contributed by atoms with Gasteiger partial charge in [0.1, 0.15) is 6.10 Å². The summed E-state index contributed by atoms with van der Waals surface area (Å²) in [5, 5.41) is 9.62. The number of hydrogen-bond donors (Lipinski definition) is 1. The van der Waals surface area contributed by atoms with E-state index in [1.807, 2.05) is 34.6 Å². The largest absolute Gasteiger partial charge is 0.388 e. The Bertz CT molecular complexity index is 157. The molecule has 0 amide bonds. The summed E-state index contributed by atoms with van der Waals surface area (Å²) in [6.45, 7) is 9.90. The molecule has 1 aliphatic rings. The highest BCUT2D eigenvalue weighted by Gasteiger charge is 2.39. The van der Waals surface area contributed by atoms with Crippen LogP contribution in [-0.2, 0) is 9.47 Å². The van der Waals surface area contributed by atoms with Gasteiger partial charge in [-0.25, -0.2) is 0 Å². The van der Waals surface area contributed by atoms with Crippen molar-refractivity contribution >= 4 is 0 Å². The quantitative estimate of drug-likeness (QED) is 0.709. The van der Waals surface area contributed by atoms with Gasteiger partial charge in [-0.2, -0.15) is 0 Å². The molecule has 0 unspecified atom stereocenters. The summed E-state index contributed by atoms with van der Waals surface area (Å²) in [5.74, 6) is 0. The lowest BCUT2D eigenvalue weighted by Crippen LogP contribution is -2.51. The van der Waals surface area contributed by atoms with Crippen LogP contribution in [-0.4, -0.2) is 36.1 Å². The van der Waals surface area contributed by atoms with Gasteiger partial charge in [0.15, 0.2) is 0 Å². The number of hydrogen-bond acceptors (Lipinski definition) is 3. The number of ether oxygens (including phenoxy) is 2. The monoisotopic (exact) mass is 204 g/mol. The normalized spacial score (nSPS) is 35.8. The van der Waals surface area contributed by atoms with E-state index in [0.29, 0.717) is 0 Å². The molecule has 1 saturated heterocycles. The number of aliphatic hydroxyl groups excluding tert-OH is 1. The van der Waals surface area contributed by atoms with E-state index < -0.39 is 6.10 Å². The smallest absolute Gasteiger partial charge is 0.106 e. The summed E-state index contributed by atoms with van der Waals surface area (Å²) in [6.07, 6.45) is 0.0140. The van der Waals surface area contributed by atoms with E-state index in [4.69, 9.17) is 9.47 Å². The van der Waals surface area contributed by atoms with Gasteiger partial charge < -0.3 is 14.6 Å². The van der Waals surface area contributed by atoms with E-state index in [1.165, 1.54) is 0 Å². The lowest BCUT2D eigenvalue weighted by atomic mass is 9.91. The van der Waals surface area contributed by atoms with Crippen LogP contribution >= 0.6 is 0 Å². The molecular weight excluding hydrogens is 180 g/mol. The van der Waals surface area contributed by atoms with Crippen LogP contribution in [0.3, 0.4) is 0 Å². The molecule has 1 rings (SSSR count). The van der Waals surface area contributed by atoms with Gasteiger partial charge in [-0.3, -0.25) is 0 Å². The van der Waals surface area contributed by atoms with Crippen LogP contribution in [0.15, 0.2) is 0 Å². The van der Waals surface area contributed by atoms with Crippen molar-refractivity contribution in [2.75, 3.05) is 7.11 Å². The van der Waals surface area contributed by atoms with Crippen molar-refractivity contribution in [3.63, 3.8) is 0 Å². The Balaban J connectivity index is 0.000000791. The Hall–Kier alpha value is -0.120. The summed E-state index contributed by atoms with van der Waals surface area (Å²) in [6, 6.07) is 0. The zero-order valence-electron chi connectivity index (χ0n) is 10.2. The van der Waals surface area contributed by atoms with Crippen molar-refractivity contribution in [1.29, 1.82) is 0 Å². The average molecular weight is 204 g/mol. The van der Waals surface area contributed by atoms with Gasteiger partial charge in [-0.1, -0.05) is 13.8 Å². The van der Waals surface area contributed by atoms with Crippen LogP contribution in [0.4, 0.5) is 0 Å². The molecule has 3 nitrogen and oxygen atoms in total. The molecule has 14 heavy (non-hydrogen) atoms. The zero-order valence-corrected chi connectivity index (χ0v) is 10.2. The molecule has 0 radical (unpaired) electrons. The first-order chi connectivity index (χ1) is 6.46.